The van der Waals surface area contributed by atoms with Crippen LogP contribution in [-0.4, -0.2) is 75.7 Å². The first kappa shape index (κ1) is 17.4. The molecule has 2 aliphatic heterocycles. The Hall–Kier alpha value is -0.960. The van der Waals surface area contributed by atoms with E-state index in [1.807, 2.05) is 6.21 Å². The van der Waals surface area contributed by atoms with Crippen LogP contribution in [0.4, 0.5) is 0 Å². The molecule has 8 heteroatoms. The van der Waals surface area contributed by atoms with E-state index in [-0.39, 0.29) is 0 Å². The highest BCUT2D eigenvalue weighted by molar-refractivity contribution is 7.88. The van der Waals surface area contributed by atoms with E-state index in [1.54, 1.807) is 7.05 Å². The maximum atomic E-state index is 11.5. The molecule has 0 bridgehead atoms. The van der Waals surface area contributed by atoms with Crippen molar-refractivity contribution in [3.05, 3.63) is 11.9 Å². The van der Waals surface area contributed by atoms with Crippen LogP contribution in [0.1, 0.15) is 19.8 Å². The first-order chi connectivity index (χ1) is 10.3. The molecule has 0 amide bonds. The fourth-order valence-electron chi connectivity index (χ4n) is 2.59. The van der Waals surface area contributed by atoms with Crippen molar-refractivity contribution in [1.29, 1.82) is 0 Å². The van der Waals surface area contributed by atoms with Gasteiger partial charge in [-0.15, -0.1) is 0 Å². The van der Waals surface area contributed by atoms with Gasteiger partial charge in [0.2, 0.25) is 10.0 Å². The summed E-state index contributed by atoms with van der Waals surface area (Å²) < 4.78 is 30.2. The predicted molar refractivity (Wildman–Crippen MR) is 86.7 cm³/mol. The molecule has 2 rings (SSSR count). The minimum absolute atomic E-state index is 0.432. The van der Waals surface area contributed by atoms with Gasteiger partial charge in [0.25, 0.3) is 0 Å². The van der Waals surface area contributed by atoms with E-state index >= 15 is 0 Å². The highest BCUT2D eigenvalue weighted by Gasteiger charge is 2.30. The van der Waals surface area contributed by atoms with Crippen molar-refractivity contribution in [2.45, 2.75) is 25.8 Å². The highest BCUT2D eigenvalue weighted by Crippen LogP contribution is 2.18. The summed E-state index contributed by atoms with van der Waals surface area (Å²) >= 11 is 0. The average Bonchev–Trinajstić information content (AvgIpc) is 2.89. The Morgan fingerprint density at radius 3 is 2.73 bits per heavy atom. The summed E-state index contributed by atoms with van der Waals surface area (Å²) in [6, 6.07) is 0.432. The third-order valence-electron chi connectivity index (χ3n) is 4.31. The van der Waals surface area contributed by atoms with Crippen molar-refractivity contribution >= 4 is 16.2 Å². The molecular formula is C14H27N4O3S+. The van der Waals surface area contributed by atoms with Crippen molar-refractivity contribution in [2.24, 2.45) is 5.10 Å². The standard InChI is InChI=1S/C14H27N4O3S/c1-4-18(8-7-17(2)22(3,19)20)12-14(11-15-18)16-13-5-9-21-10-6-13/h11-13,16H,4-10H2,1-3H3/q+1. The zero-order valence-electron chi connectivity index (χ0n) is 13.7. The first-order valence-corrected chi connectivity index (χ1v) is 9.60. The molecule has 0 radical (unpaired) electrons. The van der Waals surface area contributed by atoms with E-state index in [1.165, 1.54) is 10.6 Å². The molecule has 0 aromatic rings. The molecule has 22 heavy (non-hydrogen) atoms. The number of hydrogen-bond donors (Lipinski definition) is 1. The van der Waals surface area contributed by atoms with Gasteiger partial charge in [-0.25, -0.2) is 8.42 Å². The Morgan fingerprint density at radius 2 is 2.14 bits per heavy atom. The van der Waals surface area contributed by atoms with Crippen molar-refractivity contribution in [1.82, 2.24) is 9.62 Å². The number of rotatable bonds is 7. The molecule has 2 heterocycles. The van der Waals surface area contributed by atoms with Gasteiger partial charge in [-0.3, -0.25) is 0 Å². The lowest BCUT2D eigenvalue weighted by molar-refractivity contribution is -0.881. The van der Waals surface area contributed by atoms with Crippen molar-refractivity contribution in [3.8, 4) is 0 Å². The van der Waals surface area contributed by atoms with Crippen LogP contribution in [0, 0.1) is 0 Å². The summed E-state index contributed by atoms with van der Waals surface area (Å²) in [4.78, 5) is 0. The van der Waals surface area contributed by atoms with Crippen LogP contribution in [0.2, 0.25) is 0 Å². The zero-order valence-corrected chi connectivity index (χ0v) is 14.5. The maximum absolute atomic E-state index is 11.5. The molecule has 126 valence electrons. The van der Waals surface area contributed by atoms with E-state index in [4.69, 9.17) is 4.74 Å². The minimum atomic E-state index is -3.14. The number of hydrogen-bond acceptors (Lipinski definition) is 5. The normalized spacial score (nSPS) is 26.5. The summed E-state index contributed by atoms with van der Waals surface area (Å²) in [6.07, 6.45) is 7.19. The number of quaternary nitrogens is 1. The largest absolute Gasteiger partial charge is 0.381 e. The summed E-state index contributed by atoms with van der Waals surface area (Å²) in [6.45, 7) is 5.55. The second-order valence-electron chi connectivity index (χ2n) is 5.97. The molecule has 0 saturated carbocycles. The van der Waals surface area contributed by atoms with Gasteiger partial charge in [0.15, 0.2) is 0 Å². The van der Waals surface area contributed by atoms with Crippen molar-refractivity contribution in [2.75, 3.05) is 46.2 Å². The Morgan fingerprint density at radius 1 is 1.45 bits per heavy atom. The second-order valence-corrected chi connectivity index (χ2v) is 8.06. The Balaban J connectivity index is 1.95. The zero-order chi connectivity index (χ0) is 16.2. The van der Waals surface area contributed by atoms with E-state index in [0.29, 0.717) is 23.7 Å². The van der Waals surface area contributed by atoms with Crippen molar-refractivity contribution in [3.63, 3.8) is 0 Å². The SMILES string of the molecule is CC[N+]1(CCN(C)S(C)(=O)=O)C=C(NC2CCOCC2)C=N1. The van der Waals surface area contributed by atoms with Gasteiger partial charge in [0.1, 0.15) is 31.2 Å². The Bertz CT molecular complexity index is 540. The molecule has 2 aliphatic rings. The number of allylic oxidation sites excluding steroid dienone is 1. The quantitative estimate of drug-likeness (QED) is 0.682. The van der Waals surface area contributed by atoms with Gasteiger partial charge in [-0.1, -0.05) is 5.10 Å². The fraction of sp³-hybridized carbons (Fsp3) is 0.786. The molecule has 1 atom stereocenters. The molecule has 0 spiro atoms. The average molecular weight is 331 g/mol. The summed E-state index contributed by atoms with van der Waals surface area (Å²) in [5, 5.41) is 8.10. The predicted octanol–water partition coefficient (Wildman–Crippen LogP) is 0.324. The van der Waals surface area contributed by atoms with Gasteiger partial charge in [-0.05, 0) is 19.8 Å². The number of sulfonamides is 1. The van der Waals surface area contributed by atoms with Gasteiger partial charge in [-0.2, -0.15) is 8.90 Å². The number of likely N-dealkylation sites (N-methyl/N-ethyl adjacent to an activating group) is 2. The number of nitrogens with one attached hydrogen (secondary N) is 1. The van der Waals surface area contributed by atoms with Crippen LogP contribution < -0.4 is 5.32 Å². The lowest BCUT2D eigenvalue weighted by Crippen LogP contribution is -2.43. The third kappa shape index (κ3) is 4.52. The van der Waals surface area contributed by atoms with Gasteiger partial charge in [0.05, 0.1) is 12.8 Å². The monoisotopic (exact) mass is 331 g/mol. The van der Waals surface area contributed by atoms with Gasteiger partial charge in [0, 0.05) is 26.3 Å². The van der Waals surface area contributed by atoms with Crippen LogP contribution in [0.15, 0.2) is 17.0 Å². The fourth-order valence-corrected chi connectivity index (χ4v) is 3.00. The van der Waals surface area contributed by atoms with Crippen LogP contribution in [-0.2, 0) is 14.8 Å². The smallest absolute Gasteiger partial charge is 0.211 e. The van der Waals surface area contributed by atoms with Crippen LogP contribution in [0.3, 0.4) is 0 Å². The van der Waals surface area contributed by atoms with E-state index in [9.17, 15) is 8.42 Å². The molecule has 1 N–H and O–H groups in total. The molecule has 1 fully saturated rings. The van der Waals surface area contributed by atoms with Crippen LogP contribution in [0.25, 0.3) is 0 Å². The molecule has 1 saturated heterocycles. The van der Waals surface area contributed by atoms with E-state index in [0.717, 1.165) is 38.3 Å². The van der Waals surface area contributed by atoms with Crippen LogP contribution in [0.5, 0.6) is 0 Å². The lowest BCUT2D eigenvalue weighted by atomic mass is 10.1. The Labute approximate surface area is 133 Å². The Kier molecular flexibility index (Phi) is 5.60. The van der Waals surface area contributed by atoms with E-state index < -0.39 is 10.0 Å². The topological polar surface area (TPSA) is 71.0 Å². The highest BCUT2D eigenvalue weighted by atomic mass is 32.2. The minimum Gasteiger partial charge on any atom is -0.381 e. The molecule has 0 aromatic heterocycles. The van der Waals surface area contributed by atoms with Crippen LogP contribution >= 0.6 is 0 Å². The lowest BCUT2D eigenvalue weighted by Gasteiger charge is -2.26. The second kappa shape index (κ2) is 7.08. The summed E-state index contributed by atoms with van der Waals surface area (Å²) in [7, 11) is -1.54. The molecular weight excluding hydrogens is 304 g/mol. The molecule has 0 aliphatic carbocycles. The first-order valence-electron chi connectivity index (χ1n) is 7.75. The number of nitrogens with zero attached hydrogens (tertiary/aromatic N) is 3. The van der Waals surface area contributed by atoms with Gasteiger partial charge >= 0.3 is 0 Å². The molecule has 1 unspecified atom stereocenters. The third-order valence-corrected chi connectivity index (χ3v) is 5.63. The summed E-state index contributed by atoms with van der Waals surface area (Å²) in [5.41, 5.74) is 1.02. The van der Waals surface area contributed by atoms with E-state index in [2.05, 4.69) is 23.5 Å². The van der Waals surface area contributed by atoms with Gasteiger partial charge < -0.3 is 10.1 Å². The summed E-state index contributed by atoms with van der Waals surface area (Å²) in [5.74, 6) is 0. The maximum Gasteiger partial charge on any atom is 0.211 e. The van der Waals surface area contributed by atoms with Crippen molar-refractivity contribution < 1.29 is 17.7 Å². The molecule has 7 nitrogen and oxygen atoms in total. The molecule has 0 aromatic carbocycles. The number of ether oxygens (including phenoxy) is 1.